The van der Waals surface area contributed by atoms with Crippen LogP contribution in [0.4, 0.5) is 17.1 Å². The summed E-state index contributed by atoms with van der Waals surface area (Å²) in [6, 6.07) is 84.9. The van der Waals surface area contributed by atoms with E-state index >= 15 is 0 Å². The first-order valence-electron chi connectivity index (χ1n) is 20.5. The van der Waals surface area contributed by atoms with E-state index in [0.29, 0.717) is 0 Å². The second kappa shape index (κ2) is 15.1. The Morgan fingerprint density at radius 1 is 0.233 bits per heavy atom. The van der Waals surface area contributed by atoms with E-state index in [9.17, 15) is 0 Å². The predicted molar refractivity (Wildman–Crippen MR) is 253 cm³/mol. The van der Waals surface area contributed by atoms with E-state index in [0.717, 1.165) is 50.1 Å². The van der Waals surface area contributed by atoms with Crippen LogP contribution in [-0.2, 0) is 0 Å². The zero-order valence-corrected chi connectivity index (χ0v) is 32.9. The summed E-state index contributed by atoms with van der Waals surface area (Å²) in [6.45, 7) is 0. The van der Waals surface area contributed by atoms with Gasteiger partial charge in [-0.1, -0.05) is 164 Å². The molecule has 0 atom stereocenters. The van der Waals surface area contributed by atoms with Gasteiger partial charge in [0.15, 0.2) is 0 Å². The van der Waals surface area contributed by atoms with Gasteiger partial charge in [-0.05, 0) is 139 Å². The topological polar surface area (TPSA) is 16.4 Å². The summed E-state index contributed by atoms with van der Waals surface area (Å²) in [5.41, 5.74) is 16.9. The molecular formula is C58H39NO. The minimum absolute atomic E-state index is 0.901. The molecule has 0 saturated heterocycles. The molecule has 2 nitrogen and oxygen atoms in total. The van der Waals surface area contributed by atoms with Crippen molar-refractivity contribution in [2.24, 2.45) is 0 Å². The van der Waals surface area contributed by atoms with Crippen LogP contribution in [0.25, 0.3) is 88.3 Å². The fourth-order valence-electron chi connectivity index (χ4n) is 8.52. The molecule has 0 amide bonds. The van der Waals surface area contributed by atoms with Gasteiger partial charge in [-0.2, -0.15) is 0 Å². The molecule has 0 bridgehead atoms. The molecule has 1 heterocycles. The smallest absolute Gasteiger partial charge is 0.136 e. The monoisotopic (exact) mass is 765 g/mol. The summed E-state index contributed by atoms with van der Waals surface area (Å²) in [6.07, 6.45) is 0. The SMILES string of the molecule is c1ccc(-c2ccc(N(c3ccc(-c4cccc(-c5cccc(-c6ccc7ccccc7c6)c5)c4)cc3)c3ccc(-c4ccc5c(c4)oc4ccccc45)cc3)cc2)cc1. The van der Waals surface area contributed by atoms with Crippen LogP contribution in [0.1, 0.15) is 0 Å². The highest BCUT2D eigenvalue weighted by molar-refractivity contribution is 6.06. The summed E-state index contributed by atoms with van der Waals surface area (Å²) >= 11 is 0. The number of anilines is 3. The highest BCUT2D eigenvalue weighted by Gasteiger charge is 2.15. The van der Waals surface area contributed by atoms with Crippen LogP contribution in [-0.4, -0.2) is 0 Å². The number of rotatable bonds is 8. The van der Waals surface area contributed by atoms with Gasteiger partial charge in [0.1, 0.15) is 11.2 Å². The molecule has 0 aliphatic rings. The highest BCUT2D eigenvalue weighted by atomic mass is 16.3. The molecule has 0 unspecified atom stereocenters. The van der Waals surface area contributed by atoms with E-state index in [1.54, 1.807) is 0 Å². The minimum atomic E-state index is 0.901. The van der Waals surface area contributed by atoms with Gasteiger partial charge in [-0.25, -0.2) is 0 Å². The standard InChI is InChI=1S/C58H39NO/c1-2-10-40(11-3-1)42-22-29-52(30-23-42)59(54-33-26-44(27-34-54)51-28-35-56-55-18-6-7-19-57(55)60-58(56)39-51)53-31-24-43(25-32-53)46-14-8-15-47(36-46)48-16-9-17-49(38-48)50-21-20-41-12-4-5-13-45(41)37-50/h1-39H. The first kappa shape index (κ1) is 35.2. The van der Waals surface area contributed by atoms with Gasteiger partial charge in [-0.3, -0.25) is 0 Å². The van der Waals surface area contributed by atoms with Crippen molar-refractivity contribution in [2.45, 2.75) is 0 Å². The molecule has 2 heteroatoms. The Morgan fingerprint density at radius 2 is 0.633 bits per heavy atom. The lowest BCUT2D eigenvalue weighted by Gasteiger charge is -2.26. The van der Waals surface area contributed by atoms with Crippen LogP contribution in [0.3, 0.4) is 0 Å². The van der Waals surface area contributed by atoms with Crippen LogP contribution in [0.5, 0.6) is 0 Å². The van der Waals surface area contributed by atoms with Crippen molar-refractivity contribution in [3.05, 3.63) is 237 Å². The van der Waals surface area contributed by atoms with Gasteiger partial charge >= 0.3 is 0 Å². The first-order chi connectivity index (χ1) is 29.7. The van der Waals surface area contributed by atoms with Crippen molar-refractivity contribution in [3.8, 4) is 55.6 Å². The van der Waals surface area contributed by atoms with Crippen LogP contribution in [0.15, 0.2) is 241 Å². The van der Waals surface area contributed by atoms with Gasteiger partial charge < -0.3 is 9.32 Å². The Morgan fingerprint density at radius 3 is 1.25 bits per heavy atom. The number of para-hydroxylation sites is 1. The van der Waals surface area contributed by atoms with E-state index in [1.807, 2.05) is 12.1 Å². The fraction of sp³-hybridized carbons (Fsp3) is 0. The largest absolute Gasteiger partial charge is 0.456 e. The van der Waals surface area contributed by atoms with E-state index in [2.05, 4.69) is 229 Å². The first-order valence-corrected chi connectivity index (χ1v) is 20.5. The Labute approximate surface area is 349 Å². The van der Waals surface area contributed by atoms with E-state index < -0.39 is 0 Å². The van der Waals surface area contributed by atoms with Crippen LogP contribution in [0, 0.1) is 0 Å². The zero-order valence-electron chi connectivity index (χ0n) is 32.9. The summed E-state index contributed by atoms with van der Waals surface area (Å²) < 4.78 is 6.23. The van der Waals surface area contributed by atoms with Gasteiger partial charge in [0.05, 0.1) is 0 Å². The third kappa shape index (κ3) is 6.70. The molecule has 282 valence electrons. The van der Waals surface area contributed by atoms with Gasteiger partial charge in [-0.15, -0.1) is 0 Å². The third-order valence-corrected chi connectivity index (χ3v) is 11.7. The van der Waals surface area contributed by atoms with Crippen LogP contribution < -0.4 is 4.90 Å². The van der Waals surface area contributed by atoms with Gasteiger partial charge in [0.2, 0.25) is 0 Å². The molecule has 1 aromatic heterocycles. The molecule has 10 aromatic carbocycles. The number of hydrogen-bond donors (Lipinski definition) is 0. The maximum absolute atomic E-state index is 6.23. The normalized spacial score (nSPS) is 11.3. The molecule has 0 aliphatic heterocycles. The predicted octanol–water partition coefficient (Wildman–Crippen LogP) is 16.5. The third-order valence-electron chi connectivity index (χ3n) is 11.7. The molecule has 11 rings (SSSR count). The van der Waals surface area contributed by atoms with Crippen molar-refractivity contribution < 1.29 is 4.42 Å². The molecule has 0 spiro atoms. The molecular weight excluding hydrogens is 727 g/mol. The molecule has 0 N–H and O–H groups in total. The summed E-state index contributed by atoms with van der Waals surface area (Å²) in [5, 5.41) is 4.79. The quantitative estimate of drug-likeness (QED) is 0.153. The molecule has 0 saturated carbocycles. The van der Waals surface area contributed by atoms with Crippen molar-refractivity contribution in [1.29, 1.82) is 0 Å². The van der Waals surface area contributed by atoms with Crippen molar-refractivity contribution in [3.63, 3.8) is 0 Å². The van der Waals surface area contributed by atoms with E-state index in [-0.39, 0.29) is 0 Å². The lowest BCUT2D eigenvalue weighted by molar-refractivity contribution is 0.669. The van der Waals surface area contributed by atoms with E-state index in [4.69, 9.17) is 4.42 Å². The fourth-order valence-corrected chi connectivity index (χ4v) is 8.52. The summed E-state index contributed by atoms with van der Waals surface area (Å²) in [7, 11) is 0. The molecule has 11 aromatic rings. The van der Waals surface area contributed by atoms with Crippen LogP contribution in [0.2, 0.25) is 0 Å². The minimum Gasteiger partial charge on any atom is -0.456 e. The zero-order chi connectivity index (χ0) is 39.8. The second-order valence-corrected chi connectivity index (χ2v) is 15.4. The molecule has 0 aliphatic carbocycles. The Hall–Kier alpha value is -7.94. The lowest BCUT2D eigenvalue weighted by Crippen LogP contribution is -2.09. The van der Waals surface area contributed by atoms with Gasteiger partial charge in [0.25, 0.3) is 0 Å². The van der Waals surface area contributed by atoms with Gasteiger partial charge in [0, 0.05) is 27.8 Å². The lowest BCUT2D eigenvalue weighted by atomic mass is 9.95. The Balaban J connectivity index is 0.913. The molecule has 0 fully saturated rings. The van der Waals surface area contributed by atoms with Crippen molar-refractivity contribution in [1.82, 2.24) is 0 Å². The number of hydrogen-bond acceptors (Lipinski definition) is 2. The average molecular weight is 766 g/mol. The highest BCUT2D eigenvalue weighted by Crippen LogP contribution is 2.39. The number of nitrogens with zero attached hydrogens (tertiary/aromatic N) is 1. The van der Waals surface area contributed by atoms with Crippen molar-refractivity contribution in [2.75, 3.05) is 4.90 Å². The molecule has 60 heavy (non-hydrogen) atoms. The summed E-state index contributed by atoms with van der Waals surface area (Å²) in [4.78, 5) is 2.33. The number of benzene rings is 10. The Bertz CT molecular complexity index is 3290. The molecule has 0 radical (unpaired) electrons. The second-order valence-electron chi connectivity index (χ2n) is 15.4. The Kier molecular flexibility index (Phi) is 8.87. The van der Waals surface area contributed by atoms with Crippen molar-refractivity contribution >= 4 is 49.8 Å². The maximum Gasteiger partial charge on any atom is 0.136 e. The van der Waals surface area contributed by atoms with E-state index in [1.165, 1.54) is 55.3 Å². The average Bonchev–Trinajstić information content (AvgIpc) is 3.71. The number of furan rings is 1. The number of fused-ring (bicyclic) bond motifs is 4. The summed E-state index contributed by atoms with van der Waals surface area (Å²) in [5.74, 6) is 0. The van der Waals surface area contributed by atoms with Crippen LogP contribution >= 0.6 is 0 Å². The maximum atomic E-state index is 6.23.